The summed E-state index contributed by atoms with van der Waals surface area (Å²) < 4.78 is 1.80. The second kappa shape index (κ2) is 8.32. The molecule has 1 N–H and O–H groups in total. The van der Waals surface area contributed by atoms with Crippen LogP contribution in [0.3, 0.4) is 0 Å². The average Bonchev–Trinajstić information content (AvgIpc) is 3.36. The molecule has 1 aliphatic rings. The van der Waals surface area contributed by atoms with Gasteiger partial charge in [-0.2, -0.15) is 5.10 Å². The predicted octanol–water partition coefficient (Wildman–Crippen LogP) is 5.33. The Balaban J connectivity index is 0.00000218. The molecule has 0 aliphatic carbocycles. The molecule has 1 aromatic carbocycles. The first-order chi connectivity index (χ1) is 14.2. The molecule has 1 saturated heterocycles. The Kier molecular flexibility index (Phi) is 5.59. The van der Waals surface area contributed by atoms with Crippen molar-refractivity contribution in [2.45, 2.75) is 38.8 Å². The number of hydrogen-bond acceptors (Lipinski definition) is 5. The lowest BCUT2D eigenvalue weighted by Gasteiger charge is -2.28. The second-order valence-corrected chi connectivity index (χ2v) is 7.71. The van der Waals surface area contributed by atoms with E-state index in [-0.39, 0.29) is 12.4 Å². The number of nitrogens with zero attached hydrogens (tertiary/aromatic N) is 5. The molecule has 0 spiro atoms. The summed E-state index contributed by atoms with van der Waals surface area (Å²) in [6.45, 7) is 4.57. The largest absolute Gasteiger partial charge is 0.365 e. The van der Waals surface area contributed by atoms with Gasteiger partial charge in [0.1, 0.15) is 5.82 Å². The molecule has 1 fully saturated rings. The van der Waals surface area contributed by atoms with Crippen molar-refractivity contribution in [3.05, 3.63) is 67.1 Å². The van der Waals surface area contributed by atoms with Crippen molar-refractivity contribution in [1.29, 1.82) is 0 Å². The van der Waals surface area contributed by atoms with Crippen LogP contribution >= 0.6 is 12.4 Å². The van der Waals surface area contributed by atoms with E-state index in [0.717, 1.165) is 28.4 Å². The Morgan fingerprint density at radius 1 is 0.967 bits per heavy atom. The molecule has 2 unspecified atom stereocenters. The van der Waals surface area contributed by atoms with Crippen molar-refractivity contribution in [1.82, 2.24) is 19.6 Å². The highest BCUT2D eigenvalue weighted by Gasteiger charge is 2.27. The number of aromatic nitrogens is 4. The maximum atomic E-state index is 4.68. The molecular formula is C23H25ClN6. The highest BCUT2D eigenvalue weighted by Crippen LogP contribution is 2.31. The summed E-state index contributed by atoms with van der Waals surface area (Å²) >= 11 is 0. The van der Waals surface area contributed by atoms with Gasteiger partial charge in [-0.25, -0.2) is 14.5 Å². The molecule has 4 heterocycles. The molecule has 154 valence electrons. The van der Waals surface area contributed by atoms with Crippen LogP contribution < -0.4 is 10.2 Å². The standard InChI is InChI=1S/C23H24N6.ClH/c1-16-8-9-17(2)29(16)19-10-11-22(25-15-19)26-21-14-20(18-6-4-3-5-7-18)27-28-13-12-24-23(21)28;/h3-7,10-17H,8-9H2,1-2H3,(H,25,26);1H. The minimum absolute atomic E-state index is 0. The summed E-state index contributed by atoms with van der Waals surface area (Å²) in [6, 6.07) is 17.5. The molecule has 0 bridgehead atoms. The highest BCUT2D eigenvalue weighted by molar-refractivity contribution is 5.85. The van der Waals surface area contributed by atoms with Gasteiger partial charge in [-0.05, 0) is 44.9 Å². The summed E-state index contributed by atoms with van der Waals surface area (Å²) in [5.74, 6) is 0.795. The normalized spacial score (nSPS) is 18.4. The molecule has 30 heavy (non-hydrogen) atoms. The lowest BCUT2D eigenvalue weighted by atomic mass is 10.1. The molecule has 1 aliphatic heterocycles. The molecular weight excluding hydrogens is 396 g/mol. The van der Waals surface area contributed by atoms with Gasteiger partial charge in [0.25, 0.3) is 0 Å². The van der Waals surface area contributed by atoms with Gasteiger partial charge in [-0.1, -0.05) is 30.3 Å². The van der Waals surface area contributed by atoms with Gasteiger partial charge in [0.15, 0.2) is 5.65 Å². The van der Waals surface area contributed by atoms with E-state index in [1.165, 1.54) is 18.5 Å². The van der Waals surface area contributed by atoms with E-state index in [9.17, 15) is 0 Å². The van der Waals surface area contributed by atoms with Gasteiger partial charge in [0.05, 0.1) is 23.3 Å². The number of nitrogens with one attached hydrogen (secondary N) is 1. The Hall–Kier alpha value is -3.12. The van der Waals surface area contributed by atoms with Crippen molar-refractivity contribution in [2.75, 3.05) is 10.2 Å². The van der Waals surface area contributed by atoms with Gasteiger partial charge in [-0.3, -0.25) is 0 Å². The fourth-order valence-electron chi connectivity index (χ4n) is 4.21. The molecule has 6 nitrogen and oxygen atoms in total. The number of rotatable bonds is 4. The number of anilines is 3. The van der Waals surface area contributed by atoms with Gasteiger partial charge in [-0.15, -0.1) is 12.4 Å². The molecule has 0 radical (unpaired) electrons. The van der Waals surface area contributed by atoms with Crippen molar-refractivity contribution in [2.24, 2.45) is 0 Å². The lowest BCUT2D eigenvalue weighted by Crippen LogP contribution is -2.32. The Bertz CT molecular complexity index is 1120. The van der Waals surface area contributed by atoms with Crippen LogP contribution in [0.5, 0.6) is 0 Å². The second-order valence-electron chi connectivity index (χ2n) is 7.71. The van der Waals surface area contributed by atoms with Crippen LogP contribution in [0.25, 0.3) is 16.9 Å². The molecule has 0 saturated carbocycles. The van der Waals surface area contributed by atoms with Crippen LogP contribution in [-0.2, 0) is 0 Å². The molecule has 4 aromatic rings. The SMILES string of the molecule is CC1CCC(C)N1c1ccc(Nc2cc(-c3ccccc3)nn3ccnc23)nc1.Cl. The van der Waals surface area contributed by atoms with Crippen molar-refractivity contribution < 1.29 is 0 Å². The summed E-state index contributed by atoms with van der Waals surface area (Å²) in [4.78, 5) is 11.6. The zero-order chi connectivity index (χ0) is 19.8. The van der Waals surface area contributed by atoms with Crippen LogP contribution in [0.1, 0.15) is 26.7 Å². The van der Waals surface area contributed by atoms with Gasteiger partial charge < -0.3 is 10.2 Å². The smallest absolute Gasteiger partial charge is 0.177 e. The third-order valence-corrected chi connectivity index (χ3v) is 5.69. The average molecular weight is 421 g/mol. The van der Waals surface area contributed by atoms with Crippen LogP contribution in [0.15, 0.2) is 67.1 Å². The summed E-state index contributed by atoms with van der Waals surface area (Å²) in [6.07, 6.45) is 8.05. The number of imidazole rings is 1. The number of hydrogen-bond donors (Lipinski definition) is 1. The first-order valence-electron chi connectivity index (χ1n) is 10.1. The van der Waals surface area contributed by atoms with E-state index < -0.39 is 0 Å². The predicted molar refractivity (Wildman–Crippen MR) is 124 cm³/mol. The molecule has 2 atom stereocenters. The van der Waals surface area contributed by atoms with Gasteiger partial charge in [0, 0.05) is 30.0 Å². The molecule has 7 heteroatoms. The first-order valence-corrected chi connectivity index (χ1v) is 10.1. The zero-order valence-corrected chi connectivity index (χ0v) is 17.9. The van der Waals surface area contributed by atoms with E-state index in [1.807, 2.05) is 42.7 Å². The number of halogens is 1. The monoisotopic (exact) mass is 420 g/mol. The first kappa shape index (κ1) is 20.2. The Labute approximate surface area is 182 Å². The van der Waals surface area contributed by atoms with Crippen molar-refractivity contribution in [3.63, 3.8) is 0 Å². The van der Waals surface area contributed by atoms with E-state index in [4.69, 9.17) is 0 Å². The summed E-state index contributed by atoms with van der Waals surface area (Å²) in [7, 11) is 0. The molecule has 5 rings (SSSR count). The molecule has 0 amide bonds. The van der Waals surface area contributed by atoms with E-state index >= 15 is 0 Å². The summed E-state index contributed by atoms with van der Waals surface area (Å²) in [5.41, 5.74) is 4.78. The van der Waals surface area contributed by atoms with Crippen LogP contribution in [-0.4, -0.2) is 31.7 Å². The van der Waals surface area contributed by atoms with Crippen molar-refractivity contribution >= 4 is 35.2 Å². The van der Waals surface area contributed by atoms with Gasteiger partial charge >= 0.3 is 0 Å². The number of benzene rings is 1. The van der Waals surface area contributed by atoms with E-state index in [1.54, 1.807) is 10.7 Å². The maximum Gasteiger partial charge on any atom is 0.177 e. The number of pyridine rings is 1. The fourth-order valence-corrected chi connectivity index (χ4v) is 4.21. The van der Waals surface area contributed by atoms with Crippen LogP contribution in [0.2, 0.25) is 0 Å². The Morgan fingerprint density at radius 2 is 1.73 bits per heavy atom. The topological polar surface area (TPSA) is 58.4 Å². The summed E-state index contributed by atoms with van der Waals surface area (Å²) in [5, 5.41) is 8.11. The van der Waals surface area contributed by atoms with Crippen LogP contribution in [0, 0.1) is 0 Å². The maximum absolute atomic E-state index is 4.68. The van der Waals surface area contributed by atoms with E-state index in [0.29, 0.717) is 12.1 Å². The zero-order valence-electron chi connectivity index (χ0n) is 17.1. The minimum atomic E-state index is 0. The Morgan fingerprint density at radius 3 is 2.43 bits per heavy atom. The third kappa shape index (κ3) is 3.71. The van der Waals surface area contributed by atoms with Crippen molar-refractivity contribution in [3.8, 4) is 11.3 Å². The van der Waals surface area contributed by atoms with Gasteiger partial charge in [0.2, 0.25) is 0 Å². The molecule has 3 aromatic heterocycles. The third-order valence-electron chi connectivity index (χ3n) is 5.69. The van der Waals surface area contributed by atoms with Crippen LogP contribution in [0.4, 0.5) is 17.2 Å². The fraction of sp³-hybridized carbons (Fsp3) is 0.261. The van der Waals surface area contributed by atoms with E-state index in [2.05, 4.69) is 57.3 Å². The number of fused-ring (bicyclic) bond motifs is 1. The highest BCUT2D eigenvalue weighted by atomic mass is 35.5. The lowest BCUT2D eigenvalue weighted by molar-refractivity contribution is 0.692. The quantitative estimate of drug-likeness (QED) is 0.483. The minimum Gasteiger partial charge on any atom is -0.365 e.